The van der Waals surface area contributed by atoms with E-state index >= 15 is 0 Å². The molecule has 0 radical (unpaired) electrons. The molecule has 1 atom stereocenters. The van der Waals surface area contributed by atoms with Crippen LogP contribution in [-0.4, -0.2) is 51.3 Å². The zero-order valence-corrected chi connectivity index (χ0v) is 13.5. The van der Waals surface area contributed by atoms with Crippen LogP contribution in [-0.2, 0) is 4.74 Å². The molecule has 1 saturated heterocycles. The molecule has 0 bridgehead atoms. The van der Waals surface area contributed by atoms with Gasteiger partial charge in [0.05, 0.1) is 18.1 Å². The van der Waals surface area contributed by atoms with Gasteiger partial charge in [-0.2, -0.15) is 5.26 Å². The molecule has 4 nitrogen and oxygen atoms in total. The molecule has 1 aliphatic heterocycles. The highest BCUT2D eigenvalue weighted by molar-refractivity contribution is 4.91. The van der Waals surface area contributed by atoms with E-state index < -0.39 is 0 Å². The normalized spacial score (nSPS) is 20.8. The van der Waals surface area contributed by atoms with Gasteiger partial charge in [-0.3, -0.25) is 0 Å². The van der Waals surface area contributed by atoms with Gasteiger partial charge in [-0.25, -0.2) is 0 Å². The molecule has 1 heterocycles. The Kier molecular flexibility index (Phi) is 8.13. The Bertz CT molecular complexity index is 299. The summed E-state index contributed by atoms with van der Waals surface area (Å²) in [6.45, 7) is 10.5. The number of rotatable bonds is 9. The molecule has 0 amide bonds. The molecule has 1 rings (SSSR count). The SMILES string of the molecule is COCCNCC1CCCN(CCCC(C)(C)C#N)C1. The van der Waals surface area contributed by atoms with Crippen LogP contribution in [0.1, 0.15) is 39.5 Å². The lowest BCUT2D eigenvalue weighted by molar-refractivity contribution is 0.160. The Morgan fingerprint density at radius 2 is 2.25 bits per heavy atom. The second kappa shape index (κ2) is 9.33. The summed E-state index contributed by atoms with van der Waals surface area (Å²) in [7, 11) is 1.74. The minimum Gasteiger partial charge on any atom is -0.383 e. The maximum absolute atomic E-state index is 9.03. The molecule has 4 heteroatoms. The number of likely N-dealkylation sites (tertiary alicyclic amines) is 1. The van der Waals surface area contributed by atoms with Crippen LogP contribution in [0.2, 0.25) is 0 Å². The first kappa shape index (κ1) is 17.4. The van der Waals surface area contributed by atoms with Gasteiger partial charge in [-0.1, -0.05) is 0 Å². The van der Waals surface area contributed by atoms with Gasteiger partial charge in [0.25, 0.3) is 0 Å². The van der Waals surface area contributed by atoms with Crippen LogP contribution >= 0.6 is 0 Å². The van der Waals surface area contributed by atoms with E-state index in [2.05, 4.69) is 16.3 Å². The van der Waals surface area contributed by atoms with Crippen molar-refractivity contribution in [1.82, 2.24) is 10.2 Å². The number of nitrogens with one attached hydrogen (secondary N) is 1. The molecule has 20 heavy (non-hydrogen) atoms. The summed E-state index contributed by atoms with van der Waals surface area (Å²) in [5.74, 6) is 0.768. The quantitative estimate of drug-likeness (QED) is 0.659. The molecule has 116 valence electrons. The zero-order chi connectivity index (χ0) is 14.8. The van der Waals surface area contributed by atoms with Crippen molar-refractivity contribution in [3.63, 3.8) is 0 Å². The minimum atomic E-state index is -0.170. The third-order valence-electron chi connectivity index (χ3n) is 4.10. The number of hydrogen-bond acceptors (Lipinski definition) is 4. The monoisotopic (exact) mass is 281 g/mol. The van der Waals surface area contributed by atoms with E-state index in [-0.39, 0.29) is 5.41 Å². The summed E-state index contributed by atoms with van der Waals surface area (Å²) >= 11 is 0. The third kappa shape index (κ3) is 7.23. The smallest absolute Gasteiger partial charge is 0.0683 e. The lowest BCUT2D eigenvalue weighted by atomic mass is 9.89. The van der Waals surface area contributed by atoms with Crippen molar-refractivity contribution >= 4 is 0 Å². The topological polar surface area (TPSA) is 48.3 Å². The van der Waals surface area contributed by atoms with Crippen LogP contribution in [0.5, 0.6) is 0 Å². The molecule has 0 saturated carbocycles. The fourth-order valence-electron chi connectivity index (χ4n) is 2.80. The maximum atomic E-state index is 9.03. The standard InChI is InChI=1S/C16H31N3O/c1-16(2,14-17)7-5-10-19-9-4-6-15(13-19)12-18-8-11-20-3/h15,18H,4-13H2,1-3H3. The van der Waals surface area contributed by atoms with Crippen molar-refractivity contribution in [2.24, 2.45) is 11.3 Å². The summed E-state index contributed by atoms with van der Waals surface area (Å²) in [6, 6.07) is 2.39. The molecule has 1 aliphatic rings. The van der Waals surface area contributed by atoms with Crippen LogP contribution in [0.4, 0.5) is 0 Å². The Labute approximate surface area is 124 Å². The lowest BCUT2D eigenvalue weighted by Gasteiger charge is -2.33. The van der Waals surface area contributed by atoms with Crippen molar-refractivity contribution in [2.75, 3.05) is 46.4 Å². The fraction of sp³-hybridized carbons (Fsp3) is 0.938. The number of nitriles is 1. The second-order valence-electron chi connectivity index (χ2n) is 6.61. The first-order valence-corrected chi connectivity index (χ1v) is 7.90. The highest BCUT2D eigenvalue weighted by atomic mass is 16.5. The van der Waals surface area contributed by atoms with Gasteiger partial charge in [0, 0.05) is 20.2 Å². The molecule has 0 aromatic heterocycles. The van der Waals surface area contributed by atoms with Crippen molar-refractivity contribution in [2.45, 2.75) is 39.5 Å². The second-order valence-corrected chi connectivity index (χ2v) is 6.61. The van der Waals surface area contributed by atoms with Gasteiger partial charge >= 0.3 is 0 Å². The Balaban J connectivity index is 2.16. The van der Waals surface area contributed by atoms with E-state index in [4.69, 9.17) is 10.00 Å². The molecule has 0 aromatic rings. The molecular weight excluding hydrogens is 250 g/mol. The van der Waals surface area contributed by atoms with Gasteiger partial charge in [-0.05, 0) is 65.1 Å². The summed E-state index contributed by atoms with van der Waals surface area (Å²) in [5.41, 5.74) is -0.170. The van der Waals surface area contributed by atoms with Crippen LogP contribution < -0.4 is 5.32 Å². The van der Waals surface area contributed by atoms with Crippen molar-refractivity contribution in [3.8, 4) is 6.07 Å². The van der Waals surface area contributed by atoms with Crippen LogP contribution in [0.15, 0.2) is 0 Å². The average molecular weight is 281 g/mol. The number of hydrogen-bond donors (Lipinski definition) is 1. The van der Waals surface area contributed by atoms with Gasteiger partial charge in [0.15, 0.2) is 0 Å². The summed E-state index contributed by atoms with van der Waals surface area (Å²) in [6.07, 6.45) is 4.76. The largest absolute Gasteiger partial charge is 0.383 e. The van der Waals surface area contributed by atoms with Crippen LogP contribution in [0.3, 0.4) is 0 Å². The van der Waals surface area contributed by atoms with Crippen LogP contribution in [0.25, 0.3) is 0 Å². The molecule has 0 spiro atoms. The van der Waals surface area contributed by atoms with E-state index in [1.54, 1.807) is 7.11 Å². The summed E-state index contributed by atoms with van der Waals surface area (Å²) in [4.78, 5) is 2.57. The van der Waals surface area contributed by atoms with Gasteiger partial charge < -0.3 is 15.0 Å². The average Bonchev–Trinajstić information content (AvgIpc) is 2.44. The predicted molar refractivity (Wildman–Crippen MR) is 82.5 cm³/mol. The summed E-state index contributed by atoms with van der Waals surface area (Å²) in [5, 5.41) is 12.5. The predicted octanol–water partition coefficient (Wildman–Crippen LogP) is 2.26. The Hall–Kier alpha value is -0.630. The van der Waals surface area contributed by atoms with Crippen molar-refractivity contribution in [3.05, 3.63) is 0 Å². The van der Waals surface area contributed by atoms with Crippen LogP contribution in [0, 0.1) is 22.7 Å². The fourth-order valence-corrected chi connectivity index (χ4v) is 2.80. The van der Waals surface area contributed by atoms with E-state index in [0.717, 1.165) is 45.0 Å². The lowest BCUT2D eigenvalue weighted by Crippen LogP contribution is -2.40. The Morgan fingerprint density at radius 1 is 1.45 bits per heavy atom. The van der Waals surface area contributed by atoms with E-state index in [0.29, 0.717) is 0 Å². The first-order valence-electron chi connectivity index (χ1n) is 7.90. The highest BCUT2D eigenvalue weighted by Crippen LogP contribution is 2.22. The number of ether oxygens (including phenoxy) is 1. The molecule has 1 fully saturated rings. The molecule has 1 unspecified atom stereocenters. The molecular formula is C16H31N3O. The molecule has 0 aromatic carbocycles. The number of nitrogens with zero attached hydrogens (tertiary/aromatic N) is 2. The Morgan fingerprint density at radius 3 is 2.95 bits per heavy atom. The third-order valence-corrected chi connectivity index (χ3v) is 4.10. The van der Waals surface area contributed by atoms with Gasteiger partial charge in [0.2, 0.25) is 0 Å². The molecule has 0 aliphatic carbocycles. The first-order chi connectivity index (χ1) is 9.57. The van der Waals surface area contributed by atoms with Gasteiger partial charge in [-0.15, -0.1) is 0 Å². The number of piperidine rings is 1. The minimum absolute atomic E-state index is 0.170. The summed E-state index contributed by atoms with van der Waals surface area (Å²) < 4.78 is 5.05. The van der Waals surface area contributed by atoms with E-state index in [1.807, 2.05) is 13.8 Å². The van der Waals surface area contributed by atoms with E-state index in [1.165, 1.54) is 25.9 Å². The van der Waals surface area contributed by atoms with Crippen molar-refractivity contribution in [1.29, 1.82) is 5.26 Å². The zero-order valence-electron chi connectivity index (χ0n) is 13.5. The van der Waals surface area contributed by atoms with E-state index in [9.17, 15) is 0 Å². The molecule has 1 N–H and O–H groups in total. The van der Waals surface area contributed by atoms with Gasteiger partial charge in [0.1, 0.15) is 0 Å². The highest BCUT2D eigenvalue weighted by Gasteiger charge is 2.21. The van der Waals surface area contributed by atoms with Crippen molar-refractivity contribution < 1.29 is 4.74 Å². The number of methoxy groups -OCH3 is 1. The maximum Gasteiger partial charge on any atom is 0.0683 e.